The van der Waals surface area contributed by atoms with Gasteiger partial charge in [-0.15, -0.1) is 0 Å². The molecule has 0 saturated heterocycles. The van der Waals surface area contributed by atoms with Crippen LogP contribution >= 0.6 is 0 Å². The van der Waals surface area contributed by atoms with Gasteiger partial charge >= 0.3 is 32.7 Å². The maximum Gasteiger partial charge on any atom is 3.00 e. The van der Waals surface area contributed by atoms with Crippen molar-refractivity contribution in [3.8, 4) is 0 Å². The van der Waals surface area contributed by atoms with Crippen molar-refractivity contribution in [3.05, 3.63) is 12.7 Å². The summed E-state index contributed by atoms with van der Waals surface area (Å²) in [5.74, 6) is 0. The molecule has 1 N–H and O–H groups in total. The van der Waals surface area contributed by atoms with Gasteiger partial charge in [0.1, 0.15) is 0 Å². The van der Waals surface area contributed by atoms with E-state index >= 15 is 0 Å². The molecule has 0 aromatic rings. The second-order valence-corrected chi connectivity index (χ2v) is 0.408. The summed E-state index contributed by atoms with van der Waals surface area (Å²) < 4.78 is 0. The summed E-state index contributed by atoms with van der Waals surface area (Å²) in [6.07, 6.45) is 2.24. The minimum absolute atomic E-state index is 0. The summed E-state index contributed by atoms with van der Waals surface area (Å²) in [6, 6.07) is 0. The molecule has 5 heavy (non-hydrogen) atoms. The van der Waals surface area contributed by atoms with Crippen LogP contribution in [0.15, 0.2) is 6.58 Å². The first-order chi connectivity index (χ1) is 1.91. The van der Waals surface area contributed by atoms with Gasteiger partial charge in [0.2, 0.25) is 0 Å². The quantitative estimate of drug-likeness (QED) is 0.515. The number of aliphatic hydroxyl groups is 1. The Morgan fingerprint density at radius 2 is 2.00 bits per heavy atom. The summed E-state index contributed by atoms with van der Waals surface area (Å²) in [7, 11) is 0. The number of rotatable bonds is 1. The van der Waals surface area contributed by atoms with Crippen molar-refractivity contribution in [3.63, 3.8) is 0 Å². The molecule has 2 heteroatoms. The molecule has 0 aromatic carbocycles. The molecule has 0 bridgehead atoms. The van der Waals surface area contributed by atoms with Gasteiger partial charge in [-0.05, 0) is 0 Å². The molecular weight excluding hydrogens is 141 g/mol. The van der Waals surface area contributed by atoms with Crippen LogP contribution < -0.4 is 0 Å². The summed E-state index contributed by atoms with van der Waals surface area (Å²) in [5, 5.41) is 7.70. The SMILES string of the molecule is C=[C-]CO.[Y+3]. The first kappa shape index (κ1) is 9.26. The van der Waals surface area contributed by atoms with Gasteiger partial charge in [-0.2, -0.15) is 0 Å². The van der Waals surface area contributed by atoms with Crippen molar-refractivity contribution in [2.75, 3.05) is 6.61 Å². The number of hydrogen-bond donors (Lipinski definition) is 1. The molecule has 0 aliphatic carbocycles. The molecule has 0 amide bonds. The van der Waals surface area contributed by atoms with E-state index in [2.05, 4.69) is 12.7 Å². The zero-order valence-electron chi connectivity index (χ0n) is 2.94. The predicted octanol–water partition coefficient (Wildman–Crippen LogP) is -0.0346. The summed E-state index contributed by atoms with van der Waals surface area (Å²) in [4.78, 5) is 0. The third kappa shape index (κ3) is 11.6. The van der Waals surface area contributed by atoms with Crippen molar-refractivity contribution in [1.82, 2.24) is 0 Å². The summed E-state index contributed by atoms with van der Waals surface area (Å²) in [5.41, 5.74) is 0. The van der Waals surface area contributed by atoms with E-state index in [1.165, 1.54) is 0 Å². The molecule has 0 heterocycles. The van der Waals surface area contributed by atoms with Crippen LogP contribution in [0.3, 0.4) is 0 Å². The van der Waals surface area contributed by atoms with Gasteiger partial charge in [-0.25, -0.2) is 0 Å². The first-order valence-corrected chi connectivity index (χ1v) is 1.02. The van der Waals surface area contributed by atoms with Crippen molar-refractivity contribution in [2.45, 2.75) is 0 Å². The maximum absolute atomic E-state index is 7.70. The molecule has 0 aliphatic rings. The molecule has 0 unspecified atom stereocenters. The van der Waals surface area contributed by atoms with Gasteiger partial charge in [0.05, 0.1) is 0 Å². The predicted molar refractivity (Wildman–Crippen MR) is 16.0 cm³/mol. The normalized spacial score (nSPS) is 5.00. The fourth-order valence-electron chi connectivity index (χ4n) is 0. The number of aliphatic hydroxyl groups excluding tert-OH is 1. The van der Waals surface area contributed by atoms with E-state index in [0.29, 0.717) is 0 Å². The van der Waals surface area contributed by atoms with Crippen LogP contribution in [-0.4, -0.2) is 11.7 Å². The third-order valence-corrected chi connectivity index (χ3v) is 0.112. The maximum atomic E-state index is 7.70. The topological polar surface area (TPSA) is 20.2 Å². The second kappa shape index (κ2) is 8.84. The first-order valence-electron chi connectivity index (χ1n) is 1.02. The molecule has 0 atom stereocenters. The zero-order valence-corrected chi connectivity index (χ0v) is 5.78. The van der Waals surface area contributed by atoms with Gasteiger partial charge in [0.25, 0.3) is 0 Å². The van der Waals surface area contributed by atoms with Crippen LogP contribution in [0.5, 0.6) is 0 Å². The molecule has 1 nitrogen and oxygen atoms in total. The van der Waals surface area contributed by atoms with Crippen LogP contribution in [-0.2, 0) is 32.7 Å². The van der Waals surface area contributed by atoms with E-state index in [4.69, 9.17) is 5.11 Å². The minimum atomic E-state index is -0.0417. The molecule has 0 aliphatic heterocycles. The van der Waals surface area contributed by atoms with Gasteiger partial charge in [-0.1, -0.05) is 6.61 Å². The van der Waals surface area contributed by atoms with E-state index < -0.39 is 0 Å². The van der Waals surface area contributed by atoms with Gasteiger partial charge in [-0.3, -0.25) is 6.58 Å². The Morgan fingerprint density at radius 3 is 2.00 bits per heavy atom. The Bertz CT molecular complexity index is 20.9. The Hall–Kier alpha value is 0.804. The average molecular weight is 146 g/mol. The Balaban J connectivity index is 0. The van der Waals surface area contributed by atoms with Crippen molar-refractivity contribution in [2.24, 2.45) is 0 Å². The molecule has 0 aromatic heterocycles. The van der Waals surface area contributed by atoms with Crippen LogP contribution in [0.1, 0.15) is 0 Å². The third-order valence-electron chi connectivity index (χ3n) is 0.112. The van der Waals surface area contributed by atoms with Gasteiger partial charge < -0.3 is 11.2 Å². The smallest absolute Gasteiger partial charge is 0.478 e. The molecular formula is C3H5OY+2. The zero-order chi connectivity index (χ0) is 3.41. The van der Waals surface area contributed by atoms with Crippen LogP contribution in [0.25, 0.3) is 0 Å². The largest absolute Gasteiger partial charge is 3.00 e. The average Bonchev–Trinajstić information content (AvgIpc) is 1.37. The van der Waals surface area contributed by atoms with E-state index in [1.807, 2.05) is 0 Å². The fraction of sp³-hybridized carbons (Fsp3) is 0.333. The fourth-order valence-corrected chi connectivity index (χ4v) is 0. The van der Waals surface area contributed by atoms with E-state index in [9.17, 15) is 0 Å². The van der Waals surface area contributed by atoms with Crippen LogP contribution in [0.4, 0.5) is 0 Å². The van der Waals surface area contributed by atoms with Crippen LogP contribution in [0.2, 0.25) is 0 Å². The van der Waals surface area contributed by atoms with E-state index in [0.717, 1.165) is 0 Å². The van der Waals surface area contributed by atoms with Crippen molar-refractivity contribution in [1.29, 1.82) is 0 Å². The molecule has 0 radical (unpaired) electrons. The molecule has 0 spiro atoms. The Morgan fingerprint density at radius 1 is 1.80 bits per heavy atom. The Labute approximate surface area is 57.0 Å². The molecule has 0 fully saturated rings. The summed E-state index contributed by atoms with van der Waals surface area (Å²) >= 11 is 0. The van der Waals surface area contributed by atoms with Gasteiger partial charge in [0.15, 0.2) is 0 Å². The second-order valence-electron chi connectivity index (χ2n) is 0.408. The monoisotopic (exact) mass is 146 g/mol. The molecule has 0 saturated carbocycles. The Kier molecular flexibility index (Phi) is 16.4. The minimum Gasteiger partial charge on any atom is -0.478 e. The van der Waals surface area contributed by atoms with Crippen molar-refractivity contribution < 1.29 is 37.8 Å². The standard InChI is InChI=1S/C3H5O.Y/c1-2-3-4;/h4H,1,3H2;/q-1;+3. The van der Waals surface area contributed by atoms with E-state index in [1.54, 1.807) is 0 Å². The van der Waals surface area contributed by atoms with Gasteiger partial charge in [0, 0.05) is 0 Å². The van der Waals surface area contributed by atoms with Crippen LogP contribution in [0, 0.1) is 6.08 Å². The molecule has 0 rings (SSSR count). The summed E-state index contributed by atoms with van der Waals surface area (Å²) in [6.45, 7) is 3.06. The molecule has 24 valence electrons. The van der Waals surface area contributed by atoms with Crippen molar-refractivity contribution >= 4 is 0 Å². The number of hydrogen-bond acceptors (Lipinski definition) is 1. The van der Waals surface area contributed by atoms with E-state index in [-0.39, 0.29) is 39.3 Å².